The van der Waals surface area contributed by atoms with Crippen LogP contribution in [0.1, 0.15) is 15.9 Å². The van der Waals surface area contributed by atoms with E-state index >= 15 is 0 Å². The van der Waals surface area contributed by atoms with Crippen LogP contribution in [0.2, 0.25) is 0 Å². The molecule has 3 aromatic rings. The highest BCUT2D eigenvalue weighted by atomic mass is 32.1. The summed E-state index contributed by atoms with van der Waals surface area (Å²) >= 11 is 5.43. The third kappa shape index (κ3) is 3.81. The minimum atomic E-state index is -0.208. The van der Waals surface area contributed by atoms with Gasteiger partial charge in [0.2, 0.25) is 0 Å². The Morgan fingerprint density at radius 3 is 2.72 bits per heavy atom. The molecule has 1 fully saturated rings. The lowest BCUT2D eigenvalue weighted by atomic mass is 10.1. The van der Waals surface area contributed by atoms with Gasteiger partial charge in [-0.2, -0.15) is 0 Å². The van der Waals surface area contributed by atoms with Gasteiger partial charge < -0.3 is 19.4 Å². The molecule has 8 heteroatoms. The van der Waals surface area contributed by atoms with Crippen molar-refractivity contribution in [2.75, 3.05) is 33.4 Å². The van der Waals surface area contributed by atoms with Crippen molar-refractivity contribution in [2.24, 2.45) is 0 Å². The number of nitrogens with zero attached hydrogens (tertiary/aromatic N) is 2. The Morgan fingerprint density at radius 1 is 1.21 bits per heavy atom. The lowest BCUT2D eigenvalue weighted by Gasteiger charge is -2.26. The van der Waals surface area contributed by atoms with Gasteiger partial charge in [0.05, 0.1) is 37.8 Å². The predicted molar refractivity (Wildman–Crippen MR) is 112 cm³/mol. The molecular weight excluding hydrogens is 390 g/mol. The molecule has 4 rings (SSSR count). The lowest BCUT2D eigenvalue weighted by Crippen LogP contribution is -2.40. The second-order valence-corrected chi connectivity index (χ2v) is 7.18. The highest BCUT2D eigenvalue weighted by Crippen LogP contribution is 2.19. The molecule has 1 aliphatic heterocycles. The second kappa shape index (κ2) is 8.18. The molecule has 29 heavy (non-hydrogen) atoms. The molecule has 1 N–H and O–H groups in total. The molecule has 7 nitrogen and oxygen atoms in total. The van der Waals surface area contributed by atoms with Gasteiger partial charge in [0, 0.05) is 24.2 Å². The molecule has 1 saturated heterocycles. The van der Waals surface area contributed by atoms with Gasteiger partial charge in [-0.25, -0.2) is 0 Å². The summed E-state index contributed by atoms with van der Waals surface area (Å²) in [7, 11) is 1.59. The van der Waals surface area contributed by atoms with E-state index in [9.17, 15) is 9.59 Å². The number of nitrogens with one attached hydrogen (secondary N) is 1. The van der Waals surface area contributed by atoms with Crippen LogP contribution in [-0.4, -0.2) is 53.8 Å². The standard InChI is InChI=1S/C21H21N3O4S/c1-27-18-5-3-2-4-15(18)13-24-20(26)16-7-6-14(12-17(16)22-21(24)29)19(25)23-8-10-28-11-9-23/h2-7,12H,8-11,13H2,1H3,(H,22,29). The van der Waals surface area contributed by atoms with Crippen LogP contribution in [0.25, 0.3) is 10.9 Å². The topological polar surface area (TPSA) is 76.6 Å². The van der Waals surface area contributed by atoms with Gasteiger partial charge in [0.15, 0.2) is 4.77 Å². The van der Waals surface area contributed by atoms with Crippen LogP contribution in [0.15, 0.2) is 47.3 Å². The van der Waals surface area contributed by atoms with Crippen molar-refractivity contribution in [2.45, 2.75) is 6.54 Å². The summed E-state index contributed by atoms with van der Waals surface area (Å²) in [5.74, 6) is 0.619. The molecule has 0 aliphatic carbocycles. The molecule has 0 spiro atoms. The summed E-state index contributed by atoms with van der Waals surface area (Å²) in [6.07, 6.45) is 0. The fraction of sp³-hybridized carbons (Fsp3) is 0.286. The van der Waals surface area contributed by atoms with Crippen LogP contribution in [0.3, 0.4) is 0 Å². The third-order valence-corrected chi connectivity index (χ3v) is 5.37. The Morgan fingerprint density at radius 2 is 1.97 bits per heavy atom. The van der Waals surface area contributed by atoms with E-state index in [1.807, 2.05) is 24.3 Å². The van der Waals surface area contributed by atoms with Crippen LogP contribution in [-0.2, 0) is 11.3 Å². The molecule has 1 aliphatic rings. The summed E-state index contributed by atoms with van der Waals surface area (Å²) in [4.78, 5) is 30.6. The number of hydrogen-bond donors (Lipinski definition) is 1. The molecule has 0 unspecified atom stereocenters. The minimum absolute atomic E-state index is 0.0762. The second-order valence-electron chi connectivity index (χ2n) is 6.80. The minimum Gasteiger partial charge on any atom is -0.496 e. The molecule has 1 aromatic heterocycles. The van der Waals surface area contributed by atoms with Crippen LogP contribution in [0.4, 0.5) is 0 Å². The Hall–Kier alpha value is -2.97. The van der Waals surface area contributed by atoms with E-state index < -0.39 is 0 Å². The third-order valence-electron chi connectivity index (χ3n) is 5.05. The first kappa shape index (κ1) is 19.4. The molecule has 1 amide bonds. The number of carbonyl (C=O) groups is 1. The summed E-state index contributed by atoms with van der Waals surface area (Å²) < 4.78 is 12.5. The Labute approximate surface area is 172 Å². The maximum Gasteiger partial charge on any atom is 0.262 e. The van der Waals surface area contributed by atoms with E-state index in [-0.39, 0.29) is 11.5 Å². The van der Waals surface area contributed by atoms with Gasteiger partial charge in [-0.05, 0) is 36.5 Å². The van der Waals surface area contributed by atoms with Gasteiger partial charge in [-0.1, -0.05) is 18.2 Å². The van der Waals surface area contributed by atoms with E-state index in [0.717, 1.165) is 5.56 Å². The number of para-hydroxylation sites is 1. The van der Waals surface area contributed by atoms with Crippen molar-refractivity contribution in [3.8, 4) is 5.75 Å². The van der Waals surface area contributed by atoms with E-state index in [1.165, 1.54) is 4.57 Å². The number of rotatable bonds is 4. The Balaban J connectivity index is 1.71. The molecular formula is C21H21N3O4S. The average molecular weight is 411 g/mol. The largest absolute Gasteiger partial charge is 0.496 e. The number of hydrogen-bond acceptors (Lipinski definition) is 5. The Kier molecular flexibility index (Phi) is 5.46. The van der Waals surface area contributed by atoms with Gasteiger partial charge in [0.1, 0.15) is 5.75 Å². The lowest BCUT2D eigenvalue weighted by molar-refractivity contribution is 0.0303. The fourth-order valence-electron chi connectivity index (χ4n) is 3.48. The average Bonchev–Trinajstić information content (AvgIpc) is 2.76. The smallest absolute Gasteiger partial charge is 0.262 e. The van der Waals surface area contributed by atoms with Crippen LogP contribution < -0.4 is 10.3 Å². The maximum atomic E-state index is 13.1. The molecule has 0 atom stereocenters. The number of amides is 1. The van der Waals surface area contributed by atoms with E-state index in [0.29, 0.717) is 59.8 Å². The number of ether oxygens (including phenoxy) is 2. The fourth-order valence-corrected chi connectivity index (χ4v) is 3.74. The van der Waals surface area contributed by atoms with Crippen molar-refractivity contribution in [1.29, 1.82) is 0 Å². The molecule has 2 heterocycles. The summed E-state index contributed by atoms with van der Waals surface area (Å²) in [6.45, 7) is 2.49. The number of carbonyl (C=O) groups excluding carboxylic acids is 1. The first-order chi connectivity index (χ1) is 14.1. The van der Waals surface area contributed by atoms with Crippen molar-refractivity contribution in [3.63, 3.8) is 0 Å². The van der Waals surface area contributed by atoms with E-state index in [4.69, 9.17) is 21.7 Å². The number of morpholine rings is 1. The molecule has 2 aromatic carbocycles. The van der Waals surface area contributed by atoms with Crippen LogP contribution in [0.5, 0.6) is 5.75 Å². The zero-order valence-electron chi connectivity index (χ0n) is 16.0. The molecule has 0 radical (unpaired) electrons. The highest BCUT2D eigenvalue weighted by molar-refractivity contribution is 7.71. The van der Waals surface area contributed by atoms with E-state index in [2.05, 4.69) is 4.98 Å². The first-order valence-corrected chi connectivity index (χ1v) is 9.75. The van der Waals surface area contributed by atoms with Gasteiger partial charge >= 0.3 is 0 Å². The van der Waals surface area contributed by atoms with Crippen LogP contribution >= 0.6 is 12.2 Å². The summed E-state index contributed by atoms with van der Waals surface area (Å²) in [5, 5.41) is 0.479. The monoisotopic (exact) mass is 411 g/mol. The van der Waals surface area contributed by atoms with Gasteiger partial charge in [-0.15, -0.1) is 0 Å². The highest BCUT2D eigenvalue weighted by Gasteiger charge is 2.19. The van der Waals surface area contributed by atoms with Crippen molar-refractivity contribution in [1.82, 2.24) is 14.5 Å². The van der Waals surface area contributed by atoms with Gasteiger partial charge in [0.25, 0.3) is 11.5 Å². The number of aromatic nitrogens is 2. The van der Waals surface area contributed by atoms with Crippen molar-refractivity contribution < 1.29 is 14.3 Å². The normalized spacial score (nSPS) is 14.2. The van der Waals surface area contributed by atoms with Crippen molar-refractivity contribution >= 4 is 29.0 Å². The van der Waals surface area contributed by atoms with Crippen LogP contribution in [0, 0.1) is 4.77 Å². The number of methoxy groups -OCH3 is 1. The summed E-state index contributed by atoms with van der Waals surface area (Å²) in [5.41, 5.74) is 1.72. The van der Waals surface area contributed by atoms with E-state index in [1.54, 1.807) is 30.2 Å². The molecule has 0 saturated carbocycles. The SMILES string of the molecule is COc1ccccc1Cn1c(=S)[nH]c2cc(C(=O)N3CCOCC3)ccc2c1=O. The number of H-pyrrole nitrogens is 1. The van der Waals surface area contributed by atoms with Crippen molar-refractivity contribution in [3.05, 3.63) is 68.7 Å². The zero-order chi connectivity index (χ0) is 20.4. The maximum absolute atomic E-state index is 13.1. The number of benzene rings is 2. The summed E-state index contributed by atoms with van der Waals surface area (Å²) in [6, 6.07) is 12.6. The molecule has 0 bridgehead atoms. The number of aromatic amines is 1. The first-order valence-electron chi connectivity index (χ1n) is 9.34. The quantitative estimate of drug-likeness (QED) is 0.668. The van der Waals surface area contributed by atoms with Gasteiger partial charge in [-0.3, -0.25) is 14.2 Å². The predicted octanol–water partition coefficient (Wildman–Crippen LogP) is 2.59. The molecule has 150 valence electrons. The zero-order valence-corrected chi connectivity index (χ0v) is 16.8. The number of fused-ring (bicyclic) bond motifs is 1. The Bertz CT molecular complexity index is 1180.